The Morgan fingerprint density at radius 1 is 0.733 bits per heavy atom. The Hall–Kier alpha value is -5.11. The molecule has 3 N–H and O–H groups in total. The van der Waals surface area contributed by atoms with Crippen molar-refractivity contribution in [2.75, 3.05) is 10.6 Å². The Morgan fingerprint density at radius 3 is 2.11 bits per heavy atom. The number of anilines is 2. The summed E-state index contributed by atoms with van der Waals surface area (Å²) in [4.78, 5) is 40.9. The number of para-hydroxylation sites is 1. The number of nitrogens with one attached hydrogen (secondary N) is 3. The van der Waals surface area contributed by atoms with E-state index in [1.807, 2.05) is 79.7 Å². The van der Waals surface area contributed by atoms with E-state index < -0.39 is 17.1 Å². The van der Waals surface area contributed by atoms with Crippen LogP contribution < -0.4 is 16.0 Å². The molecule has 0 aliphatic rings. The highest BCUT2D eigenvalue weighted by Gasteiger charge is 2.23. The van der Waals surface area contributed by atoms with E-state index in [9.17, 15) is 14.4 Å². The fourth-order valence-corrected chi connectivity index (χ4v) is 5.67. The van der Waals surface area contributed by atoms with Crippen molar-refractivity contribution >= 4 is 58.5 Å². The topological polar surface area (TPSA) is 87.3 Å². The van der Waals surface area contributed by atoms with Gasteiger partial charge in [0.15, 0.2) is 0 Å². The third kappa shape index (κ3) is 8.72. The molecule has 0 aliphatic heterocycles. The zero-order valence-corrected chi connectivity index (χ0v) is 25.9. The molecule has 5 aromatic rings. The van der Waals surface area contributed by atoms with Gasteiger partial charge < -0.3 is 16.0 Å². The van der Waals surface area contributed by atoms with Gasteiger partial charge in [-0.3, -0.25) is 14.4 Å². The fourth-order valence-electron chi connectivity index (χ4n) is 4.46. The van der Waals surface area contributed by atoms with Gasteiger partial charge >= 0.3 is 0 Å². The van der Waals surface area contributed by atoms with Gasteiger partial charge in [0.1, 0.15) is 10.9 Å². The van der Waals surface area contributed by atoms with Gasteiger partial charge in [0.05, 0.1) is 0 Å². The number of carbonyl (C=O) groups excluding carboxylic acids is 3. The van der Waals surface area contributed by atoms with E-state index >= 15 is 0 Å². The minimum Gasteiger partial charge on any atom is -0.325 e. The minimum atomic E-state index is -0.553. The highest BCUT2D eigenvalue weighted by atomic mass is 35.5. The van der Waals surface area contributed by atoms with Gasteiger partial charge in [-0.15, -0.1) is 11.8 Å². The SMILES string of the molecule is Cc1ccccc1NC(=O)C(Sc1cccc(NC(=O)/C(=C/c2ccc(Cl)cc2)NC(=O)c2ccccc2)c1)c1ccccc1. The molecule has 0 saturated heterocycles. The number of amides is 3. The molecule has 6 nitrogen and oxygen atoms in total. The number of hydrogen-bond acceptors (Lipinski definition) is 4. The molecule has 0 radical (unpaired) electrons. The van der Waals surface area contributed by atoms with Crippen molar-refractivity contribution in [2.45, 2.75) is 17.1 Å². The van der Waals surface area contributed by atoms with Gasteiger partial charge in [0.25, 0.3) is 11.8 Å². The van der Waals surface area contributed by atoms with Crippen molar-refractivity contribution in [3.05, 3.63) is 166 Å². The lowest BCUT2D eigenvalue weighted by Gasteiger charge is -2.18. The van der Waals surface area contributed by atoms with Crippen LogP contribution in [0.15, 0.2) is 144 Å². The Morgan fingerprint density at radius 2 is 1.40 bits per heavy atom. The first kappa shape index (κ1) is 31.3. The Kier molecular flexibility index (Phi) is 10.5. The quantitative estimate of drug-likeness (QED) is 0.106. The zero-order chi connectivity index (χ0) is 31.6. The molecule has 0 fully saturated rings. The van der Waals surface area contributed by atoms with Crippen LogP contribution in [0.25, 0.3) is 6.08 Å². The molecular weight excluding hydrogens is 602 g/mol. The van der Waals surface area contributed by atoms with E-state index in [0.717, 1.165) is 21.7 Å². The molecule has 45 heavy (non-hydrogen) atoms. The number of thioether (sulfide) groups is 1. The van der Waals surface area contributed by atoms with Gasteiger partial charge in [0, 0.05) is 26.9 Å². The second-order valence-corrected chi connectivity index (χ2v) is 11.7. The third-order valence-corrected chi connectivity index (χ3v) is 8.30. The van der Waals surface area contributed by atoms with Gasteiger partial charge in [-0.2, -0.15) is 0 Å². The number of carbonyl (C=O) groups is 3. The molecule has 0 aliphatic carbocycles. The average Bonchev–Trinajstić information content (AvgIpc) is 3.06. The number of halogens is 1. The Bertz CT molecular complexity index is 1830. The fraction of sp³-hybridized carbons (Fsp3) is 0.0541. The lowest BCUT2D eigenvalue weighted by molar-refractivity contribution is -0.116. The average molecular weight is 632 g/mol. The van der Waals surface area contributed by atoms with Crippen molar-refractivity contribution in [2.24, 2.45) is 0 Å². The summed E-state index contributed by atoms with van der Waals surface area (Å²) in [5, 5.41) is 8.71. The van der Waals surface area contributed by atoms with Crippen molar-refractivity contribution in [3.8, 4) is 0 Å². The van der Waals surface area contributed by atoms with E-state index in [-0.39, 0.29) is 11.6 Å². The van der Waals surface area contributed by atoms with Crippen LogP contribution in [0.3, 0.4) is 0 Å². The molecule has 0 saturated carbocycles. The van der Waals surface area contributed by atoms with Gasteiger partial charge in [-0.05, 0) is 78.2 Å². The summed E-state index contributed by atoms with van der Waals surface area (Å²) in [5.41, 5.74) is 4.24. The van der Waals surface area contributed by atoms with Crippen LogP contribution in [0.2, 0.25) is 5.02 Å². The highest BCUT2D eigenvalue weighted by Crippen LogP contribution is 2.37. The first-order valence-electron chi connectivity index (χ1n) is 14.2. The van der Waals surface area contributed by atoms with Crippen LogP contribution >= 0.6 is 23.4 Å². The molecule has 3 amide bonds. The normalized spacial score (nSPS) is 11.7. The van der Waals surface area contributed by atoms with Crippen LogP contribution in [0.5, 0.6) is 0 Å². The summed E-state index contributed by atoms with van der Waals surface area (Å²) in [6, 6.07) is 40.1. The summed E-state index contributed by atoms with van der Waals surface area (Å²) >= 11 is 7.42. The molecular formula is C37H30ClN3O3S. The largest absolute Gasteiger partial charge is 0.325 e. The molecule has 5 aromatic carbocycles. The van der Waals surface area contributed by atoms with Gasteiger partial charge in [-0.25, -0.2) is 0 Å². The van der Waals surface area contributed by atoms with Crippen molar-refractivity contribution in [1.82, 2.24) is 5.32 Å². The maximum atomic E-state index is 13.6. The third-order valence-electron chi connectivity index (χ3n) is 6.80. The molecule has 5 rings (SSSR count). The van der Waals surface area contributed by atoms with E-state index in [0.29, 0.717) is 21.8 Å². The Labute approximate surface area is 271 Å². The van der Waals surface area contributed by atoms with Crippen LogP contribution in [-0.2, 0) is 9.59 Å². The molecule has 1 atom stereocenters. The van der Waals surface area contributed by atoms with Gasteiger partial charge in [-0.1, -0.05) is 96.5 Å². The predicted molar refractivity (Wildman–Crippen MR) is 183 cm³/mol. The van der Waals surface area contributed by atoms with Crippen molar-refractivity contribution in [3.63, 3.8) is 0 Å². The second kappa shape index (κ2) is 15.1. The van der Waals surface area contributed by atoms with Crippen LogP contribution in [0.4, 0.5) is 11.4 Å². The standard InChI is InChI=1S/C37H30ClN3O3S/c1-25-11-8-9-18-32(25)40-37(44)34(27-12-4-2-5-13-27)45-31-17-10-16-30(24-31)39-36(43)33(23-26-19-21-29(38)22-20-26)41-35(42)28-14-6-3-7-15-28/h2-24,34H,1H3,(H,39,43)(H,40,44)(H,41,42)/b33-23-. The van der Waals surface area contributed by atoms with Crippen molar-refractivity contribution < 1.29 is 14.4 Å². The maximum Gasteiger partial charge on any atom is 0.272 e. The number of benzene rings is 5. The minimum absolute atomic E-state index is 0.0593. The van der Waals surface area contributed by atoms with Crippen molar-refractivity contribution in [1.29, 1.82) is 0 Å². The van der Waals surface area contributed by atoms with Crippen LogP contribution in [-0.4, -0.2) is 17.7 Å². The number of hydrogen-bond donors (Lipinski definition) is 3. The summed E-state index contributed by atoms with van der Waals surface area (Å²) in [5.74, 6) is -1.08. The van der Waals surface area contributed by atoms with E-state index in [1.54, 1.807) is 66.7 Å². The zero-order valence-electron chi connectivity index (χ0n) is 24.4. The molecule has 0 spiro atoms. The molecule has 0 aromatic heterocycles. The number of aryl methyl sites for hydroxylation is 1. The molecule has 0 bridgehead atoms. The summed E-state index contributed by atoms with van der Waals surface area (Å²) in [7, 11) is 0. The van der Waals surface area contributed by atoms with Crippen LogP contribution in [0, 0.1) is 6.92 Å². The van der Waals surface area contributed by atoms with Gasteiger partial charge in [0.2, 0.25) is 5.91 Å². The maximum absolute atomic E-state index is 13.6. The van der Waals surface area contributed by atoms with Crippen LogP contribution in [0.1, 0.15) is 32.3 Å². The molecule has 8 heteroatoms. The Balaban J connectivity index is 1.37. The summed E-state index contributed by atoms with van der Waals surface area (Å²) in [6.45, 7) is 1.95. The number of rotatable bonds is 10. The second-order valence-electron chi connectivity index (χ2n) is 10.1. The molecule has 224 valence electrons. The first-order valence-corrected chi connectivity index (χ1v) is 15.4. The van der Waals surface area contributed by atoms with E-state index in [2.05, 4.69) is 16.0 Å². The molecule has 0 heterocycles. The molecule has 1 unspecified atom stereocenters. The van der Waals surface area contributed by atoms with E-state index in [1.165, 1.54) is 11.8 Å². The predicted octanol–water partition coefficient (Wildman–Crippen LogP) is 8.53. The summed E-state index contributed by atoms with van der Waals surface area (Å²) in [6.07, 6.45) is 1.59. The highest BCUT2D eigenvalue weighted by molar-refractivity contribution is 8.00. The lowest BCUT2D eigenvalue weighted by atomic mass is 10.1. The smallest absolute Gasteiger partial charge is 0.272 e. The van der Waals surface area contributed by atoms with E-state index in [4.69, 9.17) is 11.6 Å². The summed E-state index contributed by atoms with van der Waals surface area (Å²) < 4.78 is 0. The lowest BCUT2D eigenvalue weighted by Crippen LogP contribution is -2.30. The monoisotopic (exact) mass is 631 g/mol. The first-order chi connectivity index (χ1) is 21.9.